The molecule has 0 aliphatic carbocycles. The van der Waals surface area contributed by atoms with Crippen LogP contribution < -0.4 is 0 Å². The molecule has 0 aliphatic rings. The molecule has 4 nitrogen and oxygen atoms in total. The predicted octanol–water partition coefficient (Wildman–Crippen LogP) is 1.66. The summed E-state index contributed by atoms with van der Waals surface area (Å²) in [6.07, 6.45) is 1.26. The van der Waals surface area contributed by atoms with Crippen molar-refractivity contribution in [2.24, 2.45) is 0 Å². The van der Waals surface area contributed by atoms with E-state index in [-0.39, 0.29) is 15.9 Å². The first-order valence-corrected chi connectivity index (χ1v) is 4.42. The molecule has 0 rings (SSSR count). The first-order chi connectivity index (χ1) is 5.57. The molecule has 0 bridgehead atoms. The van der Waals surface area contributed by atoms with Crippen molar-refractivity contribution in [3.63, 3.8) is 0 Å². The lowest BCUT2D eigenvalue weighted by atomic mass is 10.2. The second-order valence-electron chi connectivity index (χ2n) is 2.30. The maximum atomic E-state index is 10.4. The van der Waals surface area contributed by atoms with Crippen molar-refractivity contribution in [3.05, 3.63) is 10.1 Å². The lowest BCUT2D eigenvalue weighted by molar-refractivity contribution is -0.525. The number of ether oxygens (including phenoxy) is 1. The van der Waals surface area contributed by atoms with E-state index >= 15 is 0 Å². The van der Waals surface area contributed by atoms with E-state index in [2.05, 4.69) is 24.8 Å². The Morgan fingerprint density at radius 2 is 2.42 bits per heavy atom. The SMILES string of the molecule is CCCC(COC(=S)S)[N+](=O)[O-]. The van der Waals surface area contributed by atoms with Crippen molar-refractivity contribution in [3.8, 4) is 0 Å². The number of nitro groups is 1. The van der Waals surface area contributed by atoms with E-state index in [1.165, 1.54) is 0 Å². The van der Waals surface area contributed by atoms with Crippen LogP contribution in [-0.2, 0) is 4.74 Å². The molecule has 70 valence electrons. The molecule has 0 aromatic carbocycles. The van der Waals surface area contributed by atoms with Crippen molar-refractivity contribution in [2.45, 2.75) is 25.8 Å². The summed E-state index contributed by atoms with van der Waals surface area (Å²) in [7, 11) is 0. The first kappa shape index (κ1) is 11.6. The summed E-state index contributed by atoms with van der Waals surface area (Å²) in [5.74, 6) is 0. The predicted molar refractivity (Wildman–Crippen MR) is 53.2 cm³/mol. The Kier molecular flexibility index (Phi) is 6.00. The zero-order valence-corrected chi connectivity index (χ0v) is 8.44. The normalized spacial score (nSPS) is 12.2. The Balaban J connectivity index is 3.79. The van der Waals surface area contributed by atoms with E-state index in [4.69, 9.17) is 4.74 Å². The molecule has 0 aromatic heterocycles. The molecule has 1 unspecified atom stereocenters. The summed E-state index contributed by atoms with van der Waals surface area (Å²) >= 11 is 8.20. The van der Waals surface area contributed by atoms with Crippen molar-refractivity contribution >= 4 is 29.2 Å². The smallest absolute Gasteiger partial charge is 0.246 e. The van der Waals surface area contributed by atoms with Gasteiger partial charge >= 0.3 is 0 Å². The number of rotatable bonds is 5. The molecule has 0 aromatic rings. The quantitative estimate of drug-likeness (QED) is 0.324. The molecule has 1 atom stereocenters. The molecule has 0 spiro atoms. The minimum absolute atomic E-state index is 0.0170. The van der Waals surface area contributed by atoms with E-state index in [1.807, 2.05) is 6.92 Å². The van der Waals surface area contributed by atoms with Crippen molar-refractivity contribution < 1.29 is 9.66 Å². The van der Waals surface area contributed by atoms with E-state index < -0.39 is 6.04 Å². The van der Waals surface area contributed by atoms with Gasteiger partial charge in [0, 0.05) is 11.3 Å². The minimum atomic E-state index is -0.667. The van der Waals surface area contributed by atoms with Gasteiger partial charge in [0.25, 0.3) is 0 Å². The maximum Gasteiger partial charge on any atom is 0.246 e. The van der Waals surface area contributed by atoms with Crippen molar-refractivity contribution in [1.82, 2.24) is 0 Å². The number of hydrogen-bond acceptors (Lipinski definition) is 4. The molecule has 6 heteroatoms. The van der Waals surface area contributed by atoms with Crippen LogP contribution in [0.15, 0.2) is 0 Å². The highest BCUT2D eigenvalue weighted by molar-refractivity contribution is 8.10. The molecule has 0 heterocycles. The Morgan fingerprint density at radius 1 is 1.83 bits per heavy atom. The third kappa shape index (κ3) is 5.31. The molecule has 0 saturated heterocycles. The fourth-order valence-corrected chi connectivity index (χ4v) is 0.893. The highest BCUT2D eigenvalue weighted by atomic mass is 32.1. The molecule has 12 heavy (non-hydrogen) atoms. The Hall–Kier alpha value is -0.360. The summed E-state index contributed by atoms with van der Waals surface area (Å²) in [6.45, 7) is 1.90. The van der Waals surface area contributed by atoms with Gasteiger partial charge in [-0.05, 0) is 18.6 Å². The fourth-order valence-electron chi connectivity index (χ4n) is 0.750. The van der Waals surface area contributed by atoms with Gasteiger partial charge in [-0.1, -0.05) is 19.6 Å². The number of thiol groups is 1. The van der Waals surface area contributed by atoms with Crippen molar-refractivity contribution in [2.75, 3.05) is 6.61 Å². The van der Waals surface area contributed by atoms with Crippen molar-refractivity contribution in [1.29, 1.82) is 0 Å². The first-order valence-electron chi connectivity index (χ1n) is 3.57. The summed E-state index contributed by atoms with van der Waals surface area (Å²) in [5.41, 5.74) is 0. The highest BCUT2D eigenvalue weighted by Gasteiger charge is 2.19. The monoisotopic (exact) mass is 209 g/mol. The van der Waals surface area contributed by atoms with Crippen LogP contribution in [-0.4, -0.2) is 22.0 Å². The second kappa shape index (κ2) is 6.19. The Morgan fingerprint density at radius 3 is 2.75 bits per heavy atom. The van der Waals surface area contributed by atoms with Crippen LogP contribution in [0.2, 0.25) is 0 Å². The van der Waals surface area contributed by atoms with Gasteiger partial charge < -0.3 is 4.74 Å². The summed E-state index contributed by atoms with van der Waals surface area (Å²) in [6, 6.07) is -0.667. The topological polar surface area (TPSA) is 52.4 Å². The molecule has 0 N–H and O–H groups in total. The molecular formula is C6H11NO3S2. The van der Waals surface area contributed by atoms with E-state index in [0.29, 0.717) is 6.42 Å². The maximum absolute atomic E-state index is 10.4. The minimum Gasteiger partial charge on any atom is -0.471 e. The standard InChI is InChI=1S/C6H11NO3S2/c1-2-3-5(7(8)9)4-10-6(11)12/h5H,2-4H2,1H3,(H,11,12). The van der Waals surface area contributed by atoms with Gasteiger partial charge in [0.05, 0.1) is 0 Å². The molecular weight excluding hydrogens is 198 g/mol. The molecule has 0 amide bonds. The molecule has 0 fully saturated rings. The van der Waals surface area contributed by atoms with Gasteiger partial charge in [-0.2, -0.15) is 0 Å². The van der Waals surface area contributed by atoms with Gasteiger partial charge in [0.2, 0.25) is 10.4 Å². The highest BCUT2D eigenvalue weighted by Crippen LogP contribution is 2.02. The van der Waals surface area contributed by atoms with Gasteiger partial charge in [0.15, 0.2) is 6.61 Å². The summed E-state index contributed by atoms with van der Waals surface area (Å²) in [5, 5.41) is 10.4. The zero-order chi connectivity index (χ0) is 9.56. The molecule has 0 aliphatic heterocycles. The lowest BCUT2D eigenvalue weighted by Gasteiger charge is -2.07. The van der Waals surface area contributed by atoms with Crippen LogP contribution in [0.1, 0.15) is 19.8 Å². The van der Waals surface area contributed by atoms with Gasteiger partial charge in [-0.25, -0.2) is 0 Å². The van der Waals surface area contributed by atoms with Crippen LogP contribution in [0.4, 0.5) is 0 Å². The Labute approximate surface area is 81.8 Å². The second-order valence-corrected chi connectivity index (χ2v) is 3.38. The van der Waals surface area contributed by atoms with Crippen LogP contribution in [0.5, 0.6) is 0 Å². The third-order valence-electron chi connectivity index (χ3n) is 1.32. The number of hydrogen-bond donors (Lipinski definition) is 1. The van der Waals surface area contributed by atoms with Gasteiger partial charge in [-0.3, -0.25) is 10.1 Å². The number of nitrogens with zero attached hydrogens (tertiary/aromatic N) is 1. The Bertz CT molecular complexity index is 174. The summed E-state index contributed by atoms with van der Waals surface area (Å²) < 4.78 is 4.83. The summed E-state index contributed by atoms with van der Waals surface area (Å²) in [4.78, 5) is 10.0. The molecule has 0 radical (unpaired) electrons. The van der Waals surface area contributed by atoms with E-state index in [0.717, 1.165) is 6.42 Å². The van der Waals surface area contributed by atoms with Gasteiger partial charge in [-0.15, -0.1) is 0 Å². The van der Waals surface area contributed by atoms with E-state index in [9.17, 15) is 10.1 Å². The zero-order valence-electron chi connectivity index (χ0n) is 6.73. The van der Waals surface area contributed by atoms with Gasteiger partial charge in [0.1, 0.15) is 0 Å². The molecule has 0 saturated carbocycles. The largest absolute Gasteiger partial charge is 0.471 e. The van der Waals surface area contributed by atoms with Crippen LogP contribution in [0, 0.1) is 10.1 Å². The number of thiocarbonyl (C=S) groups is 1. The average molecular weight is 209 g/mol. The van der Waals surface area contributed by atoms with Crippen LogP contribution >= 0.6 is 24.8 Å². The van der Waals surface area contributed by atoms with Crippen LogP contribution in [0.3, 0.4) is 0 Å². The lowest BCUT2D eigenvalue weighted by Crippen LogP contribution is -2.25. The van der Waals surface area contributed by atoms with Crippen LogP contribution in [0.25, 0.3) is 0 Å². The fraction of sp³-hybridized carbons (Fsp3) is 0.833. The average Bonchev–Trinajstić information content (AvgIpc) is 1.96. The third-order valence-corrected chi connectivity index (χ3v) is 1.57. The van der Waals surface area contributed by atoms with E-state index in [1.54, 1.807) is 0 Å².